The van der Waals surface area contributed by atoms with Crippen LogP contribution in [0.5, 0.6) is 5.75 Å². The van der Waals surface area contributed by atoms with Crippen LogP contribution in [0.2, 0.25) is 5.02 Å². The van der Waals surface area contributed by atoms with Gasteiger partial charge in [0, 0.05) is 13.1 Å². The molecular formula is C15H23ClN2O. The molecule has 1 unspecified atom stereocenters. The second kappa shape index (κ2) is 7.13. The van der Waals surface area contributed by atoms with E-state index < -0.39 is 0 Å². The number of benzene rings is 1. The average molecular weight is 283 g/mol. The Morgan fingerprint density at radius 3 is 3.00 bits per heavy atom. The van der Waals surface area contributed by atoms with Crippen LogP contribution >= 0.6 is 11.6 Å². The van der Waals surface area contributed by atoms with Crippen molar-refractivity contribution in [2.24, 2.45) is 11.7 Å². The van der Waals surface area contributed by atoms with E-state index in [0.29, 0.717) is 5.02 Å². The van der Waals surface area contributed by atoms with Crippen molar-refractivity contribution in [3.8, 4) is 5.75 Å². The van der Waals surface area contributed by atoms with E-state index in [-0.39, 0.29) is 0 Å². The van der Waals surface area contributed by atoms with Crippen molar-refractivity contribution in [3.05, 3.63) is 28.8 Å². The van der Waals surface area contributed by atoms with E-state index in [4.69, 9.17) is 22.1 Å². The topological polar surface area (TPSA) is 38.5 Å². The minimum absolute atomic E-state index is 0.690. The number of methoxy groups -OCH3 is 1. The molecule has 19 heavy (non-hydrogen) atoms. The summed E-state index contributed by atoms with van der Waals surface area (Å²) in [4.78, 5) is 2.50. The summed E-state index contributed by atoms with van der Waals surface area (Å²) in [5.74, 6) is 1.50. The lowest BCUT2D eigenvalue weighted by Crippen LogP contribution is -2.35. The third kappa shape index (κ3) is 4.10. The number of nitrogens with zero attached hydrogens (tertiary/aromatic N) is 1. The first kappa shape index (κ1) is 14.6. The molecule has 0 radical (unpaired) electrons. The van der Waals surface area contributed by atoms with Crippen LogP contribution in [0.25, 0.3) is 0 Å². The monoisotopic (exact) mass is 282 g/mol. The fourth-order valence-corrected chi connectivity index (χ4v) is 3.11. The van der Waals surface area contributed by atoms with Crippen molar-refractivity contribution >= 4 is 11.6 Å². The maximum Gasteiger partial charge on any atom is 0.137 e. The highest BCUT2D eigenvalue weighted by Gasteiger charge is 2.19. The summed E-state index contributed by atoms with van der Waals surface area (Å²) in [6.45, 7) is 4.09. The molecule has 0 spiro atoms. The van der Waals surface area contributed by atoms with Crippen molar-refractivity contribution < 1.29 is 4.74 Å². The van der Waals surface area contributed by atoms with Gasteiger partial charge in [0.25, 0.3) is 0 Å². The van der Waals surface area contributed by atoms with Gasteiger partial charge >= 0.3 is 0 Å². The molecular weight excluding hydrogens is 260 g/mol. The molecule has 0 aromatic heterocycles. The third-order valence-corrected chi connectivity index (χ3v) is 4.10. The summed E-state index contributed by atoms with van der Waals surface area (Å²) in [6, 6.07) is 6.04. The molecule has 0 amide bonds. The van der Waals surface area contributed by atoms with Crippen molar-refractivity contribution in [2.75, 3.05) is 26.7 Å². The predicted octanol–water partition coefficient (Wildman–Crippen LogP) is 2.91. The van der Waals surface area contributed by atoms with Gasteiger partial charge in [0.1, 0.15) is 5.75 Å². The second-order valence-corrected chi connectivity index (χ2v) is 5.70. The number of nitrogens with two attached hydrogens (primary N) is 1. The Balaban J connectivity index is 1.94. The fraction of sp³-hybridized carbons (Fsp3) is 0.600. The van der Waals surface area contributed by atoms with Crippen molar-refractivity contribution in [1.29, 1.82) is 0 Å². The van der Waals surface area contributed by atoms with Crippen molar-refractivity contribution in [1.82, 2.24) is 4.90 Å². The summed E-state index contributed by atoms with van der Waals surface area (Å²) in [5.41, 5.74) is 6.91. The number of ether oxygens (including phenoxy) is 1. The van der Waals surface area contributed by atoms with Crippen LogP contribution in [-0.2, 0) is 6.54 Å². The SMILES string of the molecule is COc1ccc(CN2CCCC(CCN)C2)cc1Cl. The van der Waals surface area contributed by atoms with Crippen molar-refractivity contribution in [2.45, 2.75) is 25.8 Å². The molecule has 2 rings (SSSR count). The molecule has 1 aromatic carbocycles. The highest BCUT2D eigenvalue weighted by molar-refractivity contribution is 6.32. The number of rotatable bonds is 5. The number of hydrogen-bond donors (Lipinski definition) is 1. The summed E-state index contributed by atoms with van der Waals surface area (Å²) in [6.07, 6.45) is 3.73. The molecule has 1 aliphatic rings. The van der Waals surface area contributed by atoms with Gasteiger partial charge < -0.3 is 10.5 Å². The van der Waals surface area contributed by atoms with Crippen LogP contribution in [0.15, 0.2) is 18.2 Å². The van der Waals surface area contributed by atoms with Crippen LogP contribution in [0.1, 0.15) is 24.8 Å². The second-order valence-electron chi connectivity index (χ2n) is 5.29. The maximum absolute atomic E-state index is 6.17. The molecule has 1 atom stereocenters. The first-order valence-corrected chi connectivity index (χ1v) is 7.35. The highest BCUT2D eigenvalue weighted by atomic mass is 35.5. The third-order valence-electron chi connectivity index (χ3n) is 3.80. The number of piperidine rings is 1. The smallest absolute Gasteiger partial charge is 0.137 e. The van der Waals surface area contributed by atoms with Gasteiger partial charge in [-0.2, -0.15) is 0 Å². The van der Waals surface area contributed by atoms with Gasteiger partial charge in [0.15, 0.2) is 0 Å². The Morgan fingerprint density at radius 2 is 2.32 bits per heavy atom. The molecule has 1 aliphatic heterocycles. The lowest BCUT2D eigenvalue weighted by molar-refractivity contribution is 0.163. The molecule has 1 saturated heterocycles. The van der Waals surface area contributed by atoms with Crippen LogP contribution in [0, 0.1) is 5.92 Å². The lowest BCUT2D eigenvalue weighted by atomic mass is 9.94. The molecule has 2 N–H and O–H groups in total. The van der Waals surface area contributed by atoms with E-state index in [1.54, 1.807) is 7.11 Å². The Hall–Kier alpha value is -0.770. The van der Waals surface area contributed by atoms with E-state index in [9.17, 15) is 0 Å². The molecule has 0 bridgehead atoms. The van der Waals surface area contributed by atoms with Gasteiger partial charge in [0.05, 0.1) is 12.1 Å². The number of likely N-dealkylation sites (tertiary alicyclic amines) is 1. The average Bonchev–Trinajstić information content (AvgIpc) is 2.40. The Labute approximate surface area is 120 Å². The molecule has 4 heteroatoms. The summed E-state index contributed by atoms with van der Waals surface area (Å²) < 4.78 is 5.18. The summed E-state index contributed by atoms with van der Waals surface area (Å²) >= 11 is 6.17. The molecule has 106 valence electrons. The summed E-state index contributed by atoms with van der Waals surface area (Å²) in [7, 11) is 1.64. The van der Waals surface area contributed by atoms with Crippen LogP contribution in [-0.4, -0.2) is 31.6 Å². The standard InChI is InChI=1S/C15H23ClN2O/c1-19-15-5-4-13(9-14(15)16)11-18-8-2-3-12(10-18)6-7-17/h4-5,9,12H,2-3,6-8,10-11,17H2,1H3. The summed E-state index contributed by atoms with van der Waals surface area (Å²) in [5, 5.41) is 0.690. The Bertz CT molecular complexity index is 409. The van der Waals surface area contributed by atoms with Crippen LogP contribution in [0.3, 0.4) is 0 Å². The van der Waals surface area contributed by atoms with Crippen molar-refractivity contribution in [3.63, 3.8) is 0 Å². The van der Waals surface area contributed by atoms with Gasteiger partial charge in [0.2, 0.25) is 0 Å². The van der Waals surface area contributed by atoms with Gasteiger partial charge in [-0.1, -0.05) is 17.7 Å². The molecule has 1 heterocycles. The number of hydrogen-bond acceptors (Lipinski definition) is 3. The van der Waals surface area contributed by atoms with Crippen LogP contribution in [0.4, 0.5) is 0 Å². The zero-order valence-electron chi connectivity index (χ0n) is 11.6. The van der Waals surface area contributed by atoms with Crippen LogP contribution < -0.4 is 10.5 Å². The predicted molar refractivity (Wildman–Crippen MR) is 79.7 cm³/mol. The maximum atomic E-state index is 6.17. The Morgan fingerprint density at radius 1 is 1.47 bits per heavy atom. The van der Waals surface area contributed by atoms with Gasteiger partial charge in [-0.05, 0) is 56.0 Å². The van der Waals surface area contributed by atoms with E-state index >= 15 is 0 Å². The van der Waals surface area contributed by atoms with E-state index in [2.05, 4.69) is 11.0 Å². The number of halogens is 1. The molecule has 0 aliphatic carbocycles. The minimum Gasteiger partial charge on any atom is -0.495 e. The Kier molecular flexibility index (Phi) is 5.49. The molecule has 3 nitrogen and oxygen atoms in total. The quantitative estimate of drug-likeness (QED) is 0.902. The normalized spacial score (nSPS) is 20.5. The van der Waals surface area contributed by atoms with Gasteiger partial charge in [-0.15, -0.1) is 0 Å². The molecule has 0 saturated carbocycles. The first-order chi connectivity index (χ1) is 9.22. The van der Waals surface area contributed by atoms with E-state index in [1.807, 2.05) is 12.1 Å². The van der Waals surface area contributed by atoms with E-state index in [0.717, 1.165) is 37.7 Å². The highest BCUT2D eigenvalue weighted by Crippen LogP contribution is 2.26. The fourth-order valence-electron chi connectivity index (χ4n) is 2.83. The van der Waals surface area contributed by atoms with E-state index in [1.165, 1.54) is 24.9 Å². The van der Waals surface area contributed by atoms with Gasteiger partial charge in [-0.3, -0.25) is 4.90 Å². The largest absolute Gasteiger partial charge is 0.495 e. The lowest BCUT2D eigenvalue weighted by Gasteiger charge is -2.32. The first-order valence-electron chi connectivity index (χ1n) is 6.97. The zero-order chi connectivity index (χ0) is 13.7. The minimum atomic E-state index is 0.690. The molecule has 1 fully saturated rings. The molecule has 1 aromatic rings. The van der Waals surface area contributed by atoms with Gasteiger partial charge in [-0.25, -0.2) is 0 Å². The zero-order valence-corrected chi connectivity index (χ0v) is 12.3.